The normalized spacial score (nSPS) is 11.1. The molecular formula is C19H14FN3O2S. The maximum atomic E-state index is 13.6. The number of nitrogens with two attached hydrogens (primary N) is 1. The van der Waals surface area contributed by atoms with Crippen LogP contribution in [0, 0.1) is 5.82 Å². The van der Waals surface area contributed by atoms with Gasteiger partial charge in [-0.05, 0) is 36.4 Å². The third-order valence-electron chi connectivity index (χ3n) is 3.93. The summed E-state index contributed by atoms with van der Waals surface area (Å²) in [4.78, 5) is 13.8. The van der Waals surface area contributed by atoms with Gasteiger partial charge in [-0.2, -0.15) is 4.68 Å². The molecule has 0 aliphatic rings. The van der Waals surface area contributed by atoms with Crippen molar-refractivity contribution in [1.82, 2.24) is 9.78 Å². The van der Waals surface area contributed by atoms with Crippen molar-refractivity contribution in [3.63, 3.8) is 0 Å². The number of nitrogens with zero attached hydrogens (tertiary/aromatic N) is 2. The summed E-state index contributed by atoms with van der Waals surface area (Å²) in [5, 5.41) is 4.65. The fourth-order valence-electron chi connectivity index (χ4n) is 2.69. The van der Waals surface area contributed by atoms with Crippen molar-refractivity contribution in [3.8, 4) is 0 Å². The van der Waals surface area contributed by atoms with Crippen LogP contribution in [-0.2, 0) is 5.75 Å². The first-order chi connectivity index (χ1) is 12.6. The summed E-state index contributed by atoms with van der Waals surface area (Å²) in [6.45, 7) is 0. The minimum absolute atomic E-state index is 0.189. The molecule has 5 nitrogen and oxygen atoms in total. The monoisotopic (exact) mass is 367 g/mol. The SMILES string of the molecule is Nc1nn(C(=O)c2ccccc2SCc2ccco2)c2cc(F)ccc12. The van der Waals surface area contributed by atoms with Gasteiger partial charge in [-0.25, -0.2) is 4.39 Å². The van der Waals surface area contributed by atoms with Gasteiger partial charge in [-0.3, -0.25) is 4.79 Å². The van der Waals surface area contributed by atoms with Crippen LogP contribution in [0.3, 0.4) is 0 Å². The van der Waals surface area contributed by atoms with Crippen LogP contribution in [0.15, 0.2) is 70.2 Å². The van der Waals surface area contributed by atoms with Gasteiger partial charge in [0.1, 0.15) is 11.6 Å². The molecule has 0 amide bonds. The first kappa shape index (κ1) is 16.4. The van der Waals surface area contributed by atoms with E-state index in [-0.39, 0.29) is 11.7 Å². The van der Waals surface area contributed by atoms with Gasteiger partial charge in [0.05, 0.1) is 23.1 Å². The molecule has 2 aromatic carbocycles. The number of rotatable bonds is 4. The largest absolute Gasteiger partial charge is 0.468 e. The average molecular weight is 367 g/mol. The van der Waals surface area contributed by atoms with E-state index in [2.05, 4.69) is 5.10 Å². The maximum Gasteiger partial charge on any atom is 0.279 e. The van der Waals surface area contributed by atoms with Crippen LogP contribution in [0.5, 0.6) is 0 Å². The van der Waals surface area contributed by atoms with E-state index in [1.54, 1.807) is 18.4 Å². The highest BCUT2D eigenvalue weighted by molar-refractivity contribution is 7.98. The summed E-state index contributed by atoms with van der Waals surface area (Å²) in [6, 6.07) is 15.0. The number of anilines is 1. The lowest BCUT2D eigenvalue weighted by molar-refractivity contribution is 0.0948. The van der Waals surface area contributed by atoms with Gasteiger partial charge >= 0.3 is 0 Å². The summed E-state index contributed by atoms with van der Waals surface area (Å²) in [6.07, 6.45) is 1.61. The Bertz CT molecular complexity index is 1090. The number of halogens is 1. The zero-order valence-corrected chi connectivity index (χ0v) is 14.4. The molecule has 2 N–H and O–H groups in total. The smallest absolute Gasteiger partial charge is 0.279 e. The van der Waals surface area contributed by atoms with E-state index in [0.29, 0.717) is 22.2 Å². The highest BCUT2D eigenvalue weighted by atomic mass is 32.2. The average Bonchev–Trinajstić information content (AvgIpc) is 3.28. The number of furan rings is 1. The van der Waals surface area contributed by atoms with Gasteiger partial charge in [0, 0.05) is 16.3 Å². The lowest BCUT2D eigenvalue weighted by Crippen LogP contribution is -2.15. The number of hydrogen-bond acceptors (Lipinski definition) is 5. The second-order valence-electron chi connectivity index (χ2n) is 5.63. The molecule has 0 fully saturated rings. The van der Waals surface area contributed by atoms with Gasteiger partial charge in [-0.15, -0.1) is 16.9 Å². The number of thioether (sulfide) groups is 1. The van der Waals surface area contributed by atoms with Crippen LogP contribution in [-0.4, -0.2) is 15.7 Å². The lowest BCUT2D eigenvalue weighted by Gasteiger charge is -2.08. The Morgan fingerprint density at radius 3 is 2.85 bits per heavy atom. The molecule has 0 aliphatic carbocycles. The molecule has 4 aromatic rings. The van der Waals surface area contributed by atoms with Gasteiger partial charge in [0.15, 0.2) is 5.82 Å². The van der Waals surface area contributed by atoms with E-state index < -0.39 is 5.82 Å². The molecule has 2 heterocycles. The lowest BCUT2D eigenvalue weighted by atomic mass is 10.2. The molecule has 0 bridgehead atoms. The number of aromatic nitrogens is 2. The van der Waals surface area contributed by atoms with Gasteiger partial charge in [-0.1, -0.05) is 12.1 Å². The molecule has 0 unspecified atom stereocenters. The Labute approximate surface area is 152 Å². The van der Waals surface area contributed by atoms with E-state index >= 15 is 0 Å². The van der Waals surface area contributed by atoms with E-state index in [0.717, 1.165) is 15.3 Å². The zero-order chi connectivity index (χ0) is 18.1. The van der Waals surface area contributed by atoms with Crippen molar-refractivity contribution in [3.05, 3.63) is 78.0 Å². The molecule has 2 aromatic heterocycles. The molecule has 7 heteroatoms. The van der Waals surface area contributed by atoms with Crippen LogP contribution in [0.25, 0.3) is 10.9 Å². The standard InChI is InChI=1S/C19H14FN3O2S/c20-12-7-8-14-16(10-12)23(22-18(14)21)19(24)15-5-1-2-6-17(15)26-11-13-4-3-9-25-13/h1-10H,11H2,(H2,21,22). The van der Waals surface area contributed by atoms with Crippen molar-refractivity contribution in [2.45, 2.75) is 10.6 Å². The Kier molecular flexibility index (Phi) is 4.22. The second-order valence-corrected chi connectivity index (χ2v) is 6.65. The summed E-state index contributed by atoms with van der Waals surface area (Å²) in [7, 11) is 0. The third kappa shape index (κ3) is 2.97. The van der Waals surface area contributed by atoms with Gasteiger partial charge < -0.3 is 10.2 Å². The van der Waals surface area contributed by atoms with Crippen LogP contribution >= 0.6 is 11.8 Å². The Hall–Kier alpha value is -3.06. The minimum Gasteiger partial charge on any atom is -0.468 e. The van der Waals surface area contributed by atoms with Crippen molar-refractivity contribution >= 4 is 34.4 Å². The number of hydrogen-bond donors (Lipinski definition) is 1. The Balaban J connectivity index is 1.72. The van der Waals surface area contributed by atoms with Gasteiger partial charge in [0.2, 0.25) is 0 Å². The molecule has 26 heavy (non-hydrogen) atoms. The Morgan fingerprint density at radius 2 is 2.04 bits per heavy atom. The summed E-state index contributed by atoms with van der Waals surface area (Å²) in [5.41, 5.74) is 6.70. The molecule has 0 aliphatic heterocycles. The first-order valence-electron chi connectivity index (χ1n) is 7.86. The molecule has 0 saturated carbocycles. The number of carbonyl (C=O) groups is 1. The van der Waals surface area contributed by atoms with E-state index in [9.17, 15) is 9.18 Å². The minimum atomic E-state index is -0.452. The van der Waals surface area contributed by atoms with E-state index in [4.69, 9.17) is 10.2 Å². The summed E-state index contributed by atoms with van der Waals surface area (Å²) >= 11 is 1.48. The number of nitrogen functional groups attached to an aromatic ring is 1. The fraction of sp³-hybridized carbons (Fsp3) is 0.0526. The topological polar surface area (TPSA) is 74.0 Å². The molecule has 130 valence electrons. The highest BCUT2D eigenvalue weighted by Crippen LogP contribution is 2.29. The Morgan fingerprint density at radius 1 is 1.19 bits per heavy atom. The van der Waals surface area contributed by atoms with Crippen molar-refractivity contribution in [1.29, 1.82) is 0 Å². The fourth-order valence-corrected chi connectivity index (χ4v) is 3.64. The highest BCUT2D eigenvalue weighted by Gasteiger charge is 2.19. The van der Waals surface area contributed by atoms with E-state index in [1.165, 1.54) is 30.0 Å². The number of fused-ring (bicyclic) bond motifs is 1. The first-order valence-corrected chi connectivity index (χ1v) is 8.85. The second kappa shape index (κ2) is 6.68. The zero-order valence-electron chi connectivity index (χ0n) is 13.6. The summed E-state index contributed by atoms with van der Waals surface area (Å²) < 4.78 is 20.1. The van der Waals surface area contributed by atoms with Crippen LogP contribution < -0.4 is 5.73 Å². The number of carbonyl (C=O) groups excluding carboxylic acids is 1. The van der Waals surface area contributed by atoms with Crippen LogP contribution in [0.2, 0.25) is 0 Å². The van der Waals surface area contributed by atoms with Gasteiger partial charge in [0.25, 0.3) is 5.91 Å². The molecule has 0 radical (unpaired) electrons. The summed E-state index contributed by atoms with van der Waals surface area (Å²) in [5.74, 6) is 0.780. The predicted octanol–water partition coefficient (Wildman–Crippen LogP) is 4.33. The van der Waals surface area contributed by atoms with Crippen molar-refractivity contribution < 1.29 is 13.6 Å². The molecule has 0 atom stereocenters. The molecule has 0 spiro atoms. The maximum absolute atomic E-state index is 13.6. The predicted molar refractivity (Wildman–Crippen MR) is 98.5 cm³/mol. The van der Waals surface area contributed by atoms with Crippen molar-refractivity contribution in [2.75, 3.05) is 5.73 Å². The molecule has 0 saturated heterocycles. The molecule has 4 rings (SSSR count). The van der Waals surface area contributed by atoms with Crippen LogP contribution in [0.1, 0.15) is 16.1 Å². The third-order valence-corrected chi connectivity index (χ3v) is 5.03. The quantitative estimate of drug-likeness (QED) is 0.544. The molecular weight excluding hydrogens is 353 g/mol. The van der Waals surface area contributed by atoms with Crippen molar-refractivity contribution in [2.24, 2.45) is 0 Å². The van der Waals surface area contributed by atoms with E-state index in [1.807, 2.05) is 24.3 Å². The van der Waals surface area contributed by atoms with Crippen LogP contribution in [0.4, 0.5) is 10.2 Å². The number of benzene rings is 2.